The highest BCUT2D eigenvalue weighted by Gasteiger charge is 2.38. The Hall–Kier alpha value is -2.62. The number of hydrogen-bond donors (Lipinski definition) is 2. The van der Waals surface area contributed by atoms with E-state index in [2.05, 4.69) is 0 Å². The van der Waals surface area contributed by atoms with Crippen molar-refractivity contribution in [2.24, 2.45) is 5.73 Å². The summed E-state index contributed by atoms with van der Waals surface area (Å²) in [6.45, 7) is 0. The molecule has 0 spiro atoms. The van der Waals surface area contributed by atoms with E-state index in [4.69, 9.17) is 10.5 Å². The molecule has 0 unspecified atom stereocenters. The largest absolute Gasteiger partial charge is 0.497 e. The number of methoxy groups -OCH3 is 1. The molecule has 0 bridgehead atoms. The van der Waals surface area contributed by atoms with Crippen LogP contribution in [0.15, 0.2) is 84.9 Å². The minimum absolute atomic E-state index is 0.495. The molecular formula is C22H23NO2. The van der Waals surface area contributed by atoms with Gasteiger partial charge in [0.05, 0.1) is 7.11 Å². The lowest BCUT2D eigenvalue weighted by molar-refractivity contribution is 0.0516. The zero-order chi connectivity index (χ0) is 17.7. The molecule has 0 aromatic heterocycles. The second-order valence-electron chi connectivity index (χ2n) is 6.16. The SMILES string of the molecule is COc1ccc(C[C@H](N)C(O)(c2ccccc2)c2ccccc2)cc1. The van der Waals surface area contributed by atoms with Crippen LogP contribution in [0.25, 0.3) is 0 Å². The van der Waals surface area contributed by atoms with Gasteiger partial charge in [0.25, 0.3) is 0 Å². The Bertz CT molecular complexity index is 746. The molecule has 0 amide bonds. The summed E-state index contributed by atoms with van der Waals surface area (Å²) in [5.74, 6) is 0.804. The van der Waals surface area contributed by atoms with Crippen LogP contribution in [0.2, 0.25) is 0 Å². The number of benzene rings is 3. The van der Waals surface area contributed by atoms with Gasteiger partial charge in [-0.25, -0.2) is 0 Å². The van der Waals surface area contributed by atoms with Gasteiger partial charge in [-0.1, -0.05) is 72.8 Å². The maximum absolute atomic E-state index is 11.6. The third-order valence-corrected chi connectivity index (χ3v) is 4.58. The van der Waals surface area contributed by atoms with E-state index in [1.54, 1.807) is 7.11 Å². The van der Waals surface area contributed by atoms with Gasteiger partial charge in [-0.3, -0.25) is 0 Å². The Labute approximate surface area is 148 Å². The Morgan fingerprint density at radius 1 is 0.840 bits per heavy atom. The van der Waals surface area contributed by atoms with Crippen LogP contribution >= 0.6 is 0 Å². The minimum Gasteiger partial charge on any atom is -0.497 e. The van der Waals surface area contributed by atoms with Gasteiger partial charge < -0.3 is 15.6 Å². The fraction of sp³-hybridized carbons (Fsp3) is 0.182. The molecule has 3 rings (SSSR count). The summed E-state index contributed by atoms with van der Waals surface area (Å²) in [5.41, 5.74) is 7.92. The van der Waals surface area contributed by atoms with Gasteiger partial charge in [0.2, 0.25) is 0 Å². The molecule has 3 N–H and O–H groups in total. The van der Waals surface area contributed by atoms with E-state index in [0.717, 1.165) is 22.4 Å². The molecular weight excluding hydrogens is 310 g/mol. The third kappa shape index (κ3) is 3.58. The van der Waals surface area contributed by atoms with Crippen LogP contribution in [0.5, 0.6) is 5.75 Å². The maximum atomic E-state index is 11.6. The molecule has 0 saturated carbocycles. The van der Waals surface area contributed by atoms with E-state index < -0.39 is 11.6 Å². The second kappa shape index (κ2) is 7.51. The molecule has 0 heterocycles. The summed E-state index contributed by atoms with van der Waals surface area (Å²) >= 11 is 0. The van der Waals surface area contributed by atoms with Crippen LogP contribution in [-0.2, 0) is 12.0 Å². The van der Waals surface area contributed by atoms with Crippen molar-refractivity contribution in [1.82, 2.24) is 0 Å². The fourth-order valence-corrected chi connectivity index (χ4v) is 3.14. The summed E-state index contributed by atoms with van der Waals surface area (Å²) < 4.78 is 5.20. The Kier molecular flexibility index (Phi) is 5.17. The van der Waals surface area contributed by atoms with E-state index in [1.807, 2.05) is 84.9 Å². The van der Waals surface area contributed by atoms with Gasteiger partial charge in [-0.05, 0) is 35.2 Å². The monoisotopic (exact) mass is 333 g/mol. The van der Waals surface area contributed by atoms with Crippen LogP contribution < -0.4 is 10.5 Å². The molecule has 0 saturated heterocycles. The van der Waals surface area contributed by atoms with Crippen molar-refractivity contribution < 1.29 is 9.84 Å². The number of aliphatic hydroxyl groups is 1. The van der Waals surface area contributed by atoms with E-state index >= 15 is 0 Å². The van der Waals surface area contributed by atoms with Crippen LogP contribution in [0.1, 0.15) is 16.7 Å². The smallest absolute Gasteiger partial charge is 0.130 e. The van der Waals surface area contributed by atoms with Crippen molar-refractivity contribution in [2.45, 2.75) is 18.1 Å². The van der Waals surface area contributed by atoms with Crippen molar-refractivity contribution in [1.29, 1.82) is 0 Å². The van der Waals surface area contributed by atoms with Gasteiger partial charge in [0.15, 0.2) is 0 Å². The lowest BCUT2D eigenvalue weighted by atomic mass is 9.78. The quantitative estimate of drug-likeness (QED) is 0.726. The predicted molar refractivity (Wildman–Crippen MR) is 101 cm³/mol. The Balaban J connectivity index is 1.96. The molecule has 3 heteroatoms. The average molecular weight is 333 g/mol. The lowest BCUT2D eigenvalue weighted by Gasteiger charge is -2.35. The molecule has 1 atom stereocenters. The van der Waals surface area contributed by atoms with Crippen LogP contribution in [0, 0.1) is 0 Å². The predicted octanol–water partition coefficient (Wildman–Crippen LogP) is 3.50. The van der Waals surface area contributed by atoms with Gasteiger partial charge in [-0.15, -0.1) is 0 Å². The van der Waals surface area contributed by atoms with Gasteiger partial charge >= 0.3 is 0 Å². The first kappa shape index (κ1) is 17.2. The number of hydrogen-bond acceptors (Lipinski definition) is 3. The third-order valence-electron chi connectivity index (χ3n) is 4.58. The second-order valence-corrected chi connectivity index (χ2v) is 6.16. The van der Waals surface area contributed by atoms with Gasteiger partial charge in [-0.2, -0.15) is 0 Å². The number of nitrogens with two attached hydrogens (primary N) is 1. The topological polar surface area (TPSA) is 55.5 Å². The zero-order valence-corrected chi connectivity index (χ0v) is 14.3. The summed E-state index contributed by atoms with van der Waals surface area (Å²) in [6, 6.07) is 26.5. The molecule has 0 radical (unpaired) electrons. The van der Waals surface area contributed by atoms with Crippen LogP contribution in [0.4, 0.5) is 0 Å². The summed E-state index contributed by atoms with van der Waals surface area (Å²) in [4.78, 5) is 0. The maximum Gasteiger partial charge on any atom is 0.130 e. The zero-order valence-electron chi connectivity index (χ0n) is 14.3. The highest BCUT2D eigenvalue weighted by atomic mass is 16.5. The van der Waals surface area contributed by atoms with E-state index in [-0.39, 0.29) is 0 Å². The molecule has 0 aliphatic rings. The van der Waals surface area contributed by atoms with Crippen molar-refractivity contribution in [3.63, 3.8) is 0 Å². The van der Waals surface area contributed by atoms with Crippen molar-refractivity contribution >= 4 is 0 Å². The standard InChI is InChI=1S/C22H23NO2/c1-25-20-14-12-17(13-15-20)16-21(23)22(24,18-8-4-2-5-9-18)19-10-6-3-7-11-19/h2-15,21,24H,16,23H2,1H3/t21-/m0/s1. The summed E-state index contributed by atoms with van der Waals surface area (Å²) in [5, 5.41) is 11.6. The first-order valence-corrected chi connectivity index (χ1v) is 8.36. The fourth-order valence-electron chi connectivity index (χ4n) is 3.14. The Morgan fingerprint density at radius 2 is 1.32 bits per heavy atom. The van der Waals surface area contributed by atoms with E-state index in [9.17, 15) is 5.11 Å². The Morgan fingerprint density at radius 3 is 1.76 bits per heavy atom. The molecule has 0 aliphatic carbocycles. The van der Waals surface area contributed by atoms with Crippen LogP contribution in [0.3, 0.4) is 0 Å². The van der Waals surface area contributed by atoms with Crippen molar-refractivity contribution in [3.05, 3.63) is 102 Å². The van der Waals surface area contributed by atoms with Crippen LogP contribution in [-0.4, -0.2) is 18.3 Å². The molecule has 128 valence electrons. The first-order chi connectivity index (χ1) is 12.1. The van der Waals surface area contributed by atoms with Gasteiger partial charge in [0.1, 0.15) is 11.4 Å². The normalized spacial score (nSPS) is 12.6. The highest BCUT2D eigenvalue weighted by Crippen LogP contribution is 2.33. The minimum atomic E-state index is -1.26. The number of rotatable bonds is 6. The summed E-state index contributed by atoms with van der Waals surface area (Å²) in [6.07, 6.45) is 0.546. The summed E-state index contributed by atoms with van der Waals surface area (Å²) in [7, 11) is 1.64. The number of ether oxygens (including phenoxy) is 1. The van der Waals surface area contributed by atoms with E-state index in [1.165, 1.54) is 0 Å². The van der Waals surface area contributed by atoms with E-state index in [0.29, 0.717) is 6.42 Å². The van der Waals surface area contributed by atoms with Gasteiger partial charge in [0, 0.05) is 6.04 Å². The lowest BCUT2D eigenvalue weighted by Crippen LogP contribution is -2.47. The van der Waals surface area contributed by atoms with Crippen molar-refractivity contribution in [3.8, 4) is 5.75 Å². The molecule has 0 aliphatic heterocycles. The average Bonchev–Trinajstić information content (AvgIpc) is 2.69. The first-order valence-electron chi connectivity index (χ1n) is 8.36. The molecule has 0 fully saturated rings. The highest BCUT2D eigenvalue weighted by molar-refractivity contribution is 5.39. The molecule has 25 heavy (non-hydrogen) atoms. The molecule has 3 aromatic rings. The van der Waals surface area contributed by atoms with Crippen molar-refractivity contribution in [2.75, 3.05) is 7.11 Å². The molecule has 3 aromatic carbocycles. The molecule has 3 nitrogen and oxygen atoms in total.